The van der Waals surface area contributed by atoms with Crippen LogP contribution in [0.1, 0.15) is 71.1 Å². The first kappa shape index (κ1) is 13.4. The zero-order valence-corrected chi connectivity index (χ0v) is 12.1. The summed E-state index contributed by atoms with van der Waals surface area (Å²) in [5.74, 6) is 1.49. The maximum Gasteiger partial charge on any atom is 0.220 e. The van der Waals surface area contributed by atoms with Crippen LogP contribution >= 0.6 is 0 Å². The Labute approximate surface area is 116 Å². The van der Waals surface area contributed by atoms with Crippen molar-refractivity contribution in [3.05, 3.63) is 0 Å². The fourth-order valence-corrected chi connectivity index (χ4v) is 5.25. The molecular formula is C16H27NO2. The van der Waals surface area contributed by atoms with E-state index in [4.69, 9.17) is 0 Å². The third-order valence-electron chi connectivity index (χ3n) is 5.44. The van der Waals surface area contributed by atoms with Gasteiger partial charge in [0.05, 0.1) is 5.60 Å². The summed E-state index contributed by atoms with van der Waals surface area (Å²) in [6.45, 7) is 2.16. The molecule has 0 heterocycles. The molecule has 3 heteroatoms. The number of nitrogens with one attached hydrogen (secondary N) is 1. The molecule has 4 bridgehead atoms. The molecule has 4 aliphatic carbocycles. The number of carbonyl (C=O) groups is 1. The molecule has 0 spiro atoms. The highest BCUT2D eigenvalue weighted by atomic mass is 16.3. The van der Waals surface area contributed by atoms with E-state index >= 15 is 0 Å². The molecule has 0 aromatic rings. The van der Waals surface area contributed by atoms with Crippen molar-refractivity contribution in [1.82, 2.24) is 5.32 Å². The third-order valence-corrected chi connectivity index (χ3v) is 5.44. The number of carbonyl (C=O) groups excluding carboxylic acids is 1. The normalized spacial score (nSPS) is 43.5. The molecule has 4 rings (SSSR count). The van der Waals surface area contributed by atoms with Gasteiger partial charge in [0.25, 0.3) is 0 Å². The van der Waals surface area contributed by atoms with Crippen molar-refractivity contribution in [3.63, 3.8) is 0 Å². The molecule has 2 N–H and O–H groups in total. The highest BCUT2D eigenvalue weighted by Crippen LogP contribution is 2.57. The summed E-state index contributed by atoms with van der Waals surface area (Å²) in [4.78, 5) is 12.1. The second kappa shape index (κ2) is 4.76. The Morgan fingerprint density at radius 3 is 2.47 bits per heavy atom. The van der Waals surface area contributed by atoms with Gasteiger partial charge in [-0.3, -0.25) is 4.79 Å². The van der Waals surface area contributed by atoms with Gasteiger partial charge in [-0.2, -0.15) is 0 Å². The molecule has 4 aliphatic rings. The molecule has 0 aromatic heterocycles. The standard InChI is InChI=1S/C16H27NO2/c1-2-3-4-5-14(18)17-15-7-12-6-13(8-15)10-16(19,9-12)11-15/h12-13,19H,2-11H2,1H3,(H,17,18). The van der Waals surface area contributed by atoms with E-state index in [1.54, 1.807) is 0 Å². The van der Waals surface area contributed by atoms with Gasteiger partial charge in [-0.05, 0) is 56.8 Å². The van der Waals surface area contributed by atoms with Crippen molar-refractivity contribution in [2.75, 3.05) is 0 Å². The molecule has 0 radical (unpaired) electrons. The molecular weight excluding hydrogens is 238 g/mol. The first-order valence-electron chi connectivity index (χ1n) is 8.06. The zero-order chi connectivity index (χ0) is 13.5. The maximum atomic E-state index is 12.1. The number of rotatable bonds is 5. The molecule has 0 aromatic carbocycles. The fraction of sp³-hybridized carbons (Fsp3) is 0.938. The minimum Gasteiger partial charge on any atom is -0.390 e. The van der Waals surface area contributed by atoms with Gasteiger partial charge >= 0.3 is 0 Å². The van der Waals surface area contributed by atoms with Gasteiger partial charge in [0, 0.05) is 12.0 Å². The Hall–Kier alpha value is -0.570. The van der Waals surface area contributed by atoms with Gasteiger partial charge in [-0.15, -0.1) is 0 Å². The largest absolute Gasteiger partial charge is 0.390 e. The molecule has 4 saturated carbocycles. The van der Waals surface area contributed by atoms with Crippen LogP contribution in [0.2, 0.25) is 0 Å². The predicted molar refractivity (Wildman–Crippen MR) is 74.6 cm³/mol. The second-order valence-electron chi connectivity index (χ2n) is 7.47. The number of unbranched alkanes of at least 4 members (excludes halogenated alkanes) is 2. The van der Waals surface area contributed by atoms with E-state index in [9.17, 15) is 9.90 Å². The van der Waals surface area contributed by atoms with E-state index in [-0.39, 0.29) is 11.4 Å². The Morgan fingerprint density at radius 1 is 1.21 bits per heavy atom. The lowest BCUT2D eigenvalue weighted by Gasteiger charge is -2.60. The van der Waals surface area contributed by atoms with E-state index in [1.807, 2.05) is 0 Å². The van der Waals surface area contributed by atoms with Crippen LogP contribution in [0.15, 0.2) is 0 Å². The van der Waals surface area contributed by atoms with Gasteiger partial charge in [0.1, 0.15) is 0 Å². The van der Waals surface area contributed by atoms with Crippen LogP contribution in [0.3, 0.4) is 0 Å². The lowest BCUT2D eigenvalue weighted by molar-refractivity contribution is -0.150. The van der Waals surface area contributed by atoms with E-state index in [0.29, 0.717) is 18.3 Å². The Bertz CT molecular complexity index is 352. The summed E-state index contributed by atoms with van der Waals surface area (Å²) < 4.78 is 0. The minimum atomic E-state index is -0.471. The van der Waals surface area contributed by atoms with Crippen LogP contribution in [-0.4, -0.2) is 22.2 Å². The van der Waals surface area contributed by atoms with Crippen LogP contribution < -0.4 is 5.32 Å². The summed E-state index contributed by atoms with van der Waals surface area (Å²) >= 11 is 0. The van der Waals surface area contributed by atoms with Crippen molar-refractivity contribution in [1.29, 1.82) is 0 Å². The quantitative estimate of drug-likeness (QED) is 0.751. The van der Waals surface area contributed by atoms with Crippen molar-refractivity contribution in [2.24, 2.45) is 11.8 Å². The predicted octanol–water partition coefficient (Wildman–Crippen LogP) is 2.77. The third kappa shape index (κ3) is 2.67. The van der Waals surface area contributed by atoms with Crippen LogP contribution in [0.5, 0.6) is 0 Å². The van der Waals surface area contributed by atoms with E-state index < -0.39 is 5.60 Å². The maximum absolute atomic E-state index is 12.1. The van der Waals surface area contributed by atoms with Crippen LogP contribution in [-0.2, 0) is 4.79 Å². The van der Waals surface area contributed by atoms with E-state index in [1.165, 1.54) is 6.42 Å². The second-order valence-corrected chi connectivity index (χ2v) is 7.47. The zero-order valence-electron chi connectivity index (χ0n) is 12.1. The molecule has 0 saturated heterocycles. The average Bonchev–Trinajstić information content (AvgIpc) is 2.24. The first-order chi connectivity index (χ1) is 9.03. The lowest BCUT2D eigenvalue weighted by atomic mass is 9.51. The van der Waals surface area contributed by atoms with E-state index in [2.05, 4.69) is 12.2 Å². The summed E-state index contributed by atoms with van der Waals surface area (Å²) in [5.41, 5.74) is -0.539. The summed E-state index contributed by atoms with van der Waals surface area (Å²) in [6, 6.07) is 0. The van der Waals surface area contributed by atoms with Crippen molar-refractivity contribution in [3.8, 4) is 0 Å². The van der Waals surface area contributed by atoms with Crippen LogP contribution in [0, 0.1) is 11.8 Å². The highest BCUT2D eigenvalue weighted by molar-refractivity contribution is 5.76. The Balaban J connectivity index is 1.62. The average molecular weight is 265 g/mol. The summed E-state index contributed by atoms with van der Waals surface area (Å²) in [6.07, 6.45) is 10.2. The molecule has 19 heavy (non-hydrogen) atoms. The summed E-state index contributed by atoms with van der Waals surface area (Å²) in [5, 5.41) is 14.0. The van der Waals surface area contributed by atoms with Gasteiger partial charge in [-0.25, -0.2) is 0 Å². The molecule has 108 valence electrons. The van der Waals surface area contributed by atoms with Crippen molar-refractivity contribution >= 4 is 5.91 Å². The number of hydrogen-bond acceptors (Lipinski definition) is 2. The minimum absolute atomic E-state index is 0.0673. The van der Waals surface area contributed by atoms with Crippen LogP contribution in [0.25, 0.3) is 0 Å². The molecule has 1 amide bonds. The molecule has 2 atom stereocenters. The molecule has 0 aliphatic heterocycles. The fourth-order valence-electron chi connectivity index (χ4n) is 5.25. The van der Waals surface area contributed by atoms with Gasteiger partial charge < -0.3 is 10.4 Å². The van der Waals surface area contributed by atoms with Crippen molar-refractivity contribution in [2.45, 2.75) is 82.3 Å². The molecule has 4 fully saturated rings. The molecule has 2 unspecified atom stereocenters. The van der Waals surface area contributed by atoms with Gasteiger partial charge in [-0.1, -0.05) is 19.8 Å². The van der Waals surface area contributed by atoms with Crippen LogP contribution in [0.4, 0.5) is 0 Å². The highest BCUT2D eigenvalue weighted by Gasteiger charge is 2.57. The molecule has 3 nitrogen and oxygen atoms in total. The SMILES string of the molecule is CCCCCC(=O)NC12CC3CC(CC(O)(C3)C1)C2. The number of aliphatic hydroxyl groups is 1. The topological polar surface area (TPSA) is 49.3 Å². The Kier molecular flexibility index (Phi) is 3.36. The summed E-state index contributed by atoms with van der Waals surface area (Å²) in [7, 11) is 0. The lowest BCUT2D eigenvalue weighted by Crippen LogP contribution is -2.65. The monoisotopic (exact) mass is 265 g/mol. The smallest absolute Gasteiger partial charge is 0.220 e. The van der Waals surface area contributed by atoms with Crippen molar-refractivity contribution < 1.29 is 9.90 Å². The van der Waals surface area contributed by atoms with E-state index in [0.717, 1.165) is 51.4 Å². The van der Waals surface area contributed by atoms with Gasteiger partial charge in [0.2, 0.25) is 5.91 Å². The Morgan fingerprint density at radius 2 is 1.89 bits per heavy atom. The van der Waals surface area contributed by atoms with Gasteiger partial charge in [0.15, 0.2) is 0 Å². The number of hydrogen-bond donors (Lipinski definition) is 2. The first-order valence-corrected chi connectivity index (χ1v) is 8.06. The number of amides is 1.